The quantitative estimate of drug-likeness (QED) is 0.286. The van der Waals surface area contributed by atoms with Crippen molar-refractivity contribution in [2.24, 2.45) is 0 Å². The van der Waals surface area contributed by atoms with Crippen LogP contribution in [-0.2, 0) is 0 Å². The minimum atomic E-state index is -0.0558. The molecule has 0 unspecified atom stereocenters. The van der Waals surface area contributed by atoms with Crippen molar-refractivity contribution in [2.45, 2.75) is 5.16 Å². The largest absolute Gasteiger partial charge is 0.497 e. The first-order valence-electron chi connectivity index (χ1n) is 9.14. The topological polar surface area (TPSA) is 66.2 Å². The van der Waals surface area contributed by atoms with Gasteiger partial charge in [0.1, 0.15) is 11.5 Å². The van der Waals surface area contributed by atoms with Gasteiger partial charge in [-0.15, -0.1) is 21.5 Å². The molecule has 2 aromatic carbocycles. The summed E-state index contributed by atoms with van der Waals surface area (Å²) in [6, 6.07) is 19.1. The van der Waals surface area contributed by atoms with Gasteiger partial charge in [-0.05, 0) is 35.7 Å². The second-order valence-electron chi connectivity index (χ2n) is 6.23. The second kappa shape index (κ2) is 9.15. The van der Waals surface area contributed by atoms with E-state index in [1.54, 1.807) is 36.6 Å². The number of ketones is 1. The molecule has 2 aromatic heterocycles. The molecule has 0 N–H and O–H groups in total. The Hall–Kier alpha value is -3.10. The molecule has 0 saturated heterocycles. The van der Waals surface area contributed by atoms with Crippen molar-refractivity contribution < 1.29 is 14.3 Å². The minimum Gasteiger partial charge on any atom is -0.497 e. The Morgan fingerprint density at radius 1 is 1.03 bits per heavy atom. The van der Waals surface area contributed by atoms with E-state index in [0.717, 1.165) is 16.4 Å². The van der Waals surface area contributed by atoms with E-state index in [-0.39, 0.29) is 11.5 Å². The van der Waals surface area contributed by atoms with E-state index >= 15 is 0 Å². The molecule has 0 aliphatic carbocycles. The van der Waals surface area contributed by atoms with Crippen LogP contribution in [0.3, 0.4) is 0 Å². The number of para-hydroxylation sites is 1. The van der Waals surface area contributed by atoms with Gasteiger partial charge in [-0.3, -0.25) is 9.36 Å². The molecule has 0 saturated carbocycles. The predicted octanol–water partition coefficient (Wildman–Crippen LogP) is 4.99. The number of Topliss-reactive ketones (excluding diaryl/α,β-unsaturated/α-hetero) is 1. The van der Waals surface area contributed by atoms with Gasteiger partial charge in [0.15, 0.2) is 16.8 Å². The number of methoxy groups -OCH3 is 2. The lowest BCUT2D eigenvalue weighted by Gasteiger charge is -2.11. The summed E-state index contributed by atoms with van der Waals surface area (Å²) in [4.78, 5) is 13.9. The van der Waals surface area contributed by atoms with E-state index in [4.69, 9.17) is 9.47 Å². The molecule has 0 amide bonds. The molecule has 0 atom stereocenters. The van der Waals surface area contributed by atoms with Crippen molar-refractivity contribution in [1.82, 2.24) is 14.8 Å². The zero-order chi connectivity index (χ0) is 20.9. The third-order valence-electron chi connectivity index (χ3n) is 4.43. The number of carbonyl (C=O) groups is 1. The first-order chi connectivity index (χ1) is 14.7. The van der Waals surface area contributed by atoms with E-state index in [1.807, 2.05) is 52.4 Å². The molecule has 6 nitrogen and oxygen atoms in total. The molecule has 0 radical (unpaired) electrons. The molecular weight excluding hydrogens is 418 g/mol. The number of hydrogen-bond donors (Lipinski definition) is 0. The molecule has 152 valence electrons. The molecule has 0 fully saturated rings. The van der Waals surface area contributed by atoms with Crippen molar-refractivity contribution in [1.29, 1.82) is 0 Å². The average molecular weight is 438 g/mol. The number of aromatic nitrogens is 3. The van der Waals surface area contributed by atoms with Crippen LogP contribution >= 0.6 is 23.1 Å². The van der Waals surface area contributed by atoms with Gasteiger partial charge in [-0.1, -0.05) is 36.0 Å². The lowest BCUT2D eigenvalue weighted by molar-refractivity contribution is 0.101. The molecule has 4 aromatic rings. The van der Waals surface area contributed by atoms with Crippen LogP contribution in [0.2, 0.25) is 0 Å². The summed E-state index contributed by atoms with van der Waals surface area (Å²) >= 11 is 2.95. The molecular formula is C22H19N3O3S2. The Balaban J connectivity index is 1.62. The minimum absolute atomic E-state index is 0.0558. The number of ether oxygens (including phenoxy) is 2. The summed E-state index contributed by atoms with van der Waals surface area (Å²) in [5, 5.41) is 11.4. The van der Waals surface area contributed by atoms with Crippen LogP contribution in [0.5, 0.6) is 11.5 Å². The Bertz CT molecular complexity index is 1140. The summed E-state index contributed by atoms with van der Waals surface area (Å²) in [5.74, 6) is 2.04. The van der Waals surface area contributed by atoms with Crippen molar-refractivity contribution >= 4 is 28.9 Å². The fourth-order valence-electron chi connectivity index (χ4n) is 2.98. The molecule has 4 rings (SSSR count). The number of hydrogen-bond acceptors (Lipinski definition) is 7. The van der Waals surface area contributed by atoms with Crippen LogP contribution in [-0.4, -0.2) is 40.5 Å². The highest BCUT2D eigenvalue weighted by Gasteiger charge is 2.19. The molecule has 8 heteroatoms. The van der Waals surface area contributed by atoms with Gasteiger partial charge < -0.3 is 9.47 Å². The van der Waals surface area contributed by atoms with Crippen LogP contribution in [0, 0.1) is 0 Å². The highest BCUT2D eigenvalue weighted by atomic mass is 32.2. The second-order valence-corrected chi connectivity index (χ2v) is 8.12. The summed E-state index contributed by atoms with van der Waals surface area (Å²) in [6.07, 6.45) is 0. The maximum absolute atomic E-state index is 12.9. The summed E-state index contributed by atoms with van der Waals surface area (Å²) < 4.78 is 12.6. The fraction of sp³-hybridized carbons (Fsp3) is 0.136. The lowest BCUT2D eigenvalue weighted by Crippen LogP contribution is -2.07. The van der Waals surface area contributed by atoms with E-state index in [9.17, 15) is 4.79 Å². The van der Waals surface area contributed by atoms with Gasteiger partial charge in [0, 0.05) is 11.8 Å². The fourth-order valence-corrected chi connectivity index (χ4v) is 4.51. The number of thioether (sulfide) groups is 1. The van der Waals surface area contributed by atoms with E-state index in [2.05, 4.69) is 10.2 Å². The summed E-state index contributed by atoms with van der Waals surface area (Å²) in [6.45, 7) is 0. The zero-order valence-corrected chi connectivity index (χ0v) is 18.1. The molecule has 2 heterocycles. The van der Waals surface area contributed by atoms with E-state index in [0.29, 0.717) is 22.2 Å². The number of thiophene rings is 1. The third-order valence-corrected chi connectivity index (χ3v) is 6.23. The van der Waals surface area contributed by atoms with Gasteiger partial charge >= 0.3 is 0 Å². The molecule has 0 spiro atoms. The van der Waals surface area contributed by atoms with Crippen LogP contribution < -0.4 is 9.47 Å². The van der Waals surface area contributed by atoms with Crippen molar-refractivity contribution in [3.8, 4) is 27.9 Å². The van der Waals surface area contributed by atoms with E-state index < -0.39 is 0 Å². The van der Waals surface area contributed by atoms with Crippen molar-refractivity contribution in [3.05, 3.63) is 71.6 Å². The maximum atomic E-state index is 12.9. The number of nitrogens with zero attached hydrogens (tertiary/aromatic N) is 3. The predicted molar refractivity (Wildman–Crippen MR) is 119 cm³/mol. The first kappa shape index (κ1) is 20.2. The number of rotatable bonds is 8. The average Bonchev–Trinajstić information content (AvgIpc) is 3.47. The third kappa shape index (κ3) is 4.10. The maximum Gasteiger partial charge on any atom is 0.196 e. The van der Waals surface area contributed by atoms with Gasteiger partial charge in [-0.2, -0.15) is 0 Å². The molecule has 30 heavy (non-hydrogen) atoms. The van der Waals surface area contributed by atoms with Crippen LogP contribution in [0.15, 0.2) is 71.2 Å². The normalized spacial score (nSPS) is 10.7. The van der Waals surface area contributed by atoms with Gasteiger partial charge in [0.05, 0.1) is 30.4 Å². The monoisotopic (exact) mass is 437 g/mol. The van der Waals surface area contributed by atoms with E-state index in [1.165, 1.54) is 18.9 Å². The highest BCUT2D eigenvalue weighted by molar-refractivity contribution is 7.99. The highest BCUT2D eigenvalue weighted by Crippen LogP contribution is 2.31. The Morgan fingerprint density at radius 2 is 1.87 bits per heavy atom. The zero-order valence-electron chi connectivity index (χ0n) is 16.4. The van der Waals surface area contributed by atoms with Crippen LogP contribution in [0.1, 0.15) is 10.4 Å². The van der Waals surface area contributed by atoms with Gasteiger partial charge in [-0.25, -0.2) is 0 Å². The molecule has 0 aliphatic heterocycles. The van der Waals surface area contributed by atoms with Crippen LogP contribution in [0.4, 0.5) is 0 Å². The first-order valence-corrected chi connectivity index (χ1v) is 11.0. The standard InChI is InChI=1S/C22H19N3O3S2/c1-27-16-10-11-17(19(13-16)28-2)18(26)14-30-22-24-23-21(20-9-6-12-29-20)25(22)15-7-4-3-5-8-15/h3-13H,14H2,1-2H3. The Morgan fingerprint density at radius 3 is 2.57 bits per heavy atom. The van der Waals surface area contributed by atoms with Gasteiger partial charge in [0.25, 0.3) is 0 Å². The lowest BCUT2D eigenvalue weighted by atomic mass is 10.1. The molecule has 0 aliphatic rings. The number of benzene rings is 2. The van der Waals surface area contributed by atoms with Gasteiger partial charge in [0.2, 0.25) is 0 Å². The van der Waals surface area contributed by atoms with Crippen LogP contribution in [0.25, 0.3) is 16.4 Å². The Labute approximate surface area is 182 Å². The smallest absolute Gasteiger partial charge is 0.196 e. The molecule has 0 bridgehead atoms. The Kier molecular flexibility index (Phi) is 6.15. The summed E-state index contributed by atoms with van der Waals surface area (Å²) in [5.41, 5.74) is 1.46. The van der Waals surface area contributed by atoms with Crippen molar-refractivity contribution in [3.63, 3.8) is 0 Å². The SMILES string of the molecule is COc1ccc(C(=O)CSc2nnc(-c3cccs3)n2-c2ccccc2)c(OC)c1. The number of carbonyl (C=O) groups excluding carboxylic acids is 1. The summed E-state index contributed by atoms with van der Waals surface area (Å²) in [7, 11) is 3.12. The van der Waals surface area contributed by atoms with Crippen molar-refractivity contribution in [2.75, 3.05) is 20.0 Å².